The molecule has 2 N–H and O–H groups in total. The number of nitrogens with zero attached hydrogens (tertiary/aromatic N) is 2. The van der Waals surface area contributed by atoms with Gasteiger partial charge in [-0.05, 0) is 25.8 Å². The molecule has 5 nitrogen and oxygen atoms in total. The Bertz CT molecular complexity index is 661. The Kier molecular flexibility index (Phi) is 3.22. The van der Waals surface area contributed by atoms with Crippen LogP contribution < -0.4 is 15.2 Å². The number of fused-ring (bicyclic) bond motifs is 2. The summed E-state index contributed by atoms with van der Waals surface area (Å²) in [5.41, 5.74) is 7.85. The number of rotatable bonds is 4. The van der Waals surface area contributed by atoms with E-state index >= 15 is 0 Å². The van der Waals surface area contributed by atoms with E-state index in [0.717, 1.165) is 35.5 Å². The molecule has 4 rings (SSSR count). The van der Waals surface area contributed by atoms with E-state index in [2.05, 4.69) is 10.6 Å². The van der Waals surface area contributed by atoms with Gasteiger partial charge in [0.2, 0.25) is 0 Å². The molecule has 0 saturated heterocycles. The number of aromatic nitrogens is 2. The minimum atomic E-state index is 0.606. The lowest BCUT2D eigenvalue weighted by atomic mass is 9.85. The molecule has 1 aliphatic carbocycles. The lowest BCUT2D eigenvalue weighted by molar-refractivity contribution is 0.172. The third-order valence-electron chi connectivity index (χ3n) is 4.50. The van der Waals surface area contributed by atoms with E-state index in [1.807, 2.05) is 6.07 Å². The molecule has 2 heterocycles. The summed E-state index contributed by atoms with van der Waals surface area (Å²) in [5, 5.41) is 0. The van der Waals surface area contributed by atoms with Crippen LogP contribution in [-0.4, -0.2) is 29.3 Å². The highest BCUT2D eigenvalue weighted by Gasteiger charge is 2.26. The molecule has 0 spiro atoms. The van der Waals surface area contributed by atoms with E-state index in [0.29, 0.717) is 25.7 Å². The van der Waals surface area contributed by atoms with Crippen molar-refractivity contribution >= 4 is 11.0 Å². The molecular formula is C16H21N3O2. The Hall–Kier alpha value is -1.75. The summed E-state index contributed by atoms with van der Waals surface area (Å²) in [7, 11) is 0. The molecule has 0 radical (unpaired) electrons. The minimum absolute atomic E-state index is 0.606. The normalized spacial score (nSPS) is 18.0. The van der Waals surface area contributed by atoms with Gasteiger partial charge in [0.05, 0.1) is 11.0 Å². The van der Waals surface area contributed by atoms with E-state index in [9.17, 15) is 0 Å². The van der Waals surface area contributed by atoms with Crippen molar-refractivity contribution in [3.63, 3.8) is 0 Å². The summed E-state index contributed by atoms with van der Waals surface area (Å²) in [5.74, 6) is 3.47. The molecule has 0 atom stereocenters. The highest BCUT2D eigenvalue weighted by Crippen LogP contribution is 2.40. The average molecular weight is 287 g/mol. The molecule has 1 aromatic carbocycles. The molecule has 5 heteroatoms. The Morgan fingerprint density at radius 3 is 2.62 bits per heavy atom. The molecule has 1 aromatic heterocycles. The van der Waals surface area contributed by atoms with Gasteiger partial charge < -0.3 is 19.8 Å². The quantitative estimate of drug-likeness (QED) is 0.938. The Morgan fingerprint density at radius 2 is 1.95 bits per heavy atom. The first kappa shape index (κ1) is 13.0. The molecule has 0 bridgehead atoms. The van der Waals surface area contributed by atoms with Crippen LogP contribution in [0.5, 0.6) is 11.5 Å². The Labute approximate surface area is 124 Å². The number of benzene rings is 1. The number of ether oxygens (including phenoxy) is 2. The second-order valence-electron chi connectivity index (χ2n) is 5.88. The predicted octanol–water partition coefficient (Wildman–Crippen LogP) is 2.42. The molecule has 21 heavy (non-hydrogen) atoms. The molecule has 112 valence electrons. The van der Waals surface area contributed by atoms with Crippen LogP contribution in [0.25, 0.3) is 11.0 Å². The van der Waals surface area contributed by atoms with Gasteiger partial charge >= 0.3 is 0 Å². The molecule has 0 unspecified atom stereocenters. The summed E-state index contributed by atoms with van der Waals surface area (Å²) in [6, 6.07) is 4.10. The first-order chi connectivity index (χ1) is 10.4. The van der Waals surface area contributed by atoms with Gasteiger partial charge in [0, 0.05) is 24.6 Å². The summed E-state index contributed by atoms with van der Waals surface area (Å²) < 4.78 is 13.7. The van der Waals surface area contributed by atoms with Gasteiger partial charge in [0.1, 0.15) is 19.0 Å². The largest absolute Gasteiger partial charge is 0.486 e. The molecule has 2 aliphatic rings. The zero-order valence-corrected chi connectivity index (χ0v) is 12.2. The number of hydrogen-bond acceptors (Lipinski definition) is 4. The number of imidazole rings is 1. The van der Waals surface area contributed by atoms with Gasteiger partial charge in [0.15, 0.2) is 11.5 Å². The fourth-order valence-electron chi connectivity index (χ4n) is 3.14. The number of nitrogens with two attached hydrogens (primary N) is 1. The summed E-state index contributed by atoms with van der Waals surface area (Å²) in [4.78, 5) is 4.88. The number of hydrogen-bond donors (Lipinski definition) is 1. The highest BCUT2D eigenvalue weighted by molar-refractivity contribution is 5.81. The van der Waals surface area contributed by atoms with E-state index in [1.165, 1.54) is 25.1 Å². The Balaban J connectivity index is 1.83. The van der Waals surface area contributed by atoms with Gasteiger partial charge in [-0.3, -0.25) is 0 Å². The van der Waals surface area contributed by atoms with Crippen LogP contribution >= 0.6 is 0 Å². The van der Waals surface area contributed by atoms with Crippen LogP contribution in [0, 0.1) is 0 Å². The molecule has 2 aromatic rings. The average Bonchev–Trinajstić information content (AvgIpc) is 2.78. The third kappa shape index (κ3) is 2.16. The van der Waals surface area contributed by atoms with E-state index < -0.39 is 0 Å². The first-order valence-corrected chi connectivity index (χ1v) is 7.86. The lowest BCUT2D eigenvalue weighted by Gasteiger charge is -2.25. The molecule has 1 fully saturated rings. The van der Waals surface area contributed by atoms with Crippen molar-refractivity contribution in [2.45, 2.75) is 38.1 Å². The van der Waals surface area contributed by atoms with Gasteiger partial charge in [-0.1, -0.05) is 6.42 Å². The minimum Gasteiger partial charge on any atom is -0.486 e. The molecule has 0 amide bonds. The van der Waals surface area contributed by atoms with Crippen LogP contribution in [0.4, 0.5) is 0 Å². The molecule has 1 aliphatic heterocycles. The SMILES string of the molecule is NCCCn1c(C2CCC2)nc2cc3c(cc21)OCCO3. The van der Waals surface area contributed by atoms with E-state index in [1.54, 1.807) is 0 Å². The topological polar surface area (TPSA) is 62.3 Å². The van der Waals surface area contributed by atoms with Crippen molar-refractivity contribution in [2.75, 3.05) is 19.8 Å². The van der Waals surface area contributed by atoms with Crippen molar-refractivity contribution in [1.82, 2.24) is 9.55 Å². The second-order valence-corrected chi connectivity index (χ2v) is 5.88. The Morgan fingerprint density at radius 1 is 1.19 bits per heavy atom. The van der Waals surface area contributed by atoms with Gasteiger partial charge in [-0.2, -0.15) is 0 Å². The maximum absolute atomic E-state index is 5.71. The van der Waals surface area contributed by atoms with Crippen molar-refractivity contribution in [1.29, 1.82) is 0 Å². The van der Waals surface area contributed by atoms with Crippen molar-refractivity contribution < 1.29 is 9.47 Å². The summed E-state index contributed by atoms with van der Waals surface area (Å²) in [6.07, 6.45) is 4.78. The lowest BCUT2D eigenvalue weighted by Crippen LogP contribution is -2.17. The van der Waals surface area contributed by atoms with Crippen molar-refractivity contribution in [3.8, 4) is 11.5 Å². The van der Waals surface area contributed by atoms with Crippen molar-refractivity contribution in [3.05, 3.63) is 18.0 Å². The van der Waals surface area contributed by atoms with Gasteiger partial charge in [-0.25, -0.2) is 4.98 Å². The second kappa shape index (κ2) is 5.22. The smallest absolute Gasteiger partial charge is 0.163 e. The fraction of sp³-hybridized carbons (Fsp3) is 0.562. The summed E-state index contributed by atoms with van der Waals surface area (Å²) >= 11 is 0. The van der Waals surface area contributed by atoms with Crippen molar-refractivity contribution in [2.24, 2.45) is 5.73 Å². The predicted molar refractivity (Wildman–Crippen MR) is 81.0 cm³/mol. The van der Waals surface area contributed by atoms with Crippen LogP contribution in [0.15, 0.2) is 12.1 Å². The van der Waals surface area contributed by atoms with Crippen LogP contribution in [-0.2, 0) is 6.54 Å². The maximum atomic E-state index is 5.71. The zero-order valence-electron chi connectivity index (χ0n) is 12.2. The zero-order chi connectivity index (χ0) is 14.2. The third-order valence-corrected chi connectivity index (χ3v) is 4.50. The number of aryl methyl sites for hydroxylation is 1. The highest BCUT2D eigenvalue weighted by atomic mass is 16.6. The summed E-state index contributed by atoms with van der Waals surface area (Å²) in [6.45, 7) is 2.86. The van der Waals surface area contributed by atoms with E-state index in [4.69, 9.17) is 20.2 Å². The maximum Gasteiger partial charge on any atom is 0.163 e. The van der Waals surface area contributed by atoms with Crippen LogP contribution in [0.3, 0.4) is 0 Å². The van der Waals surface area contributed by atoms with Gasteiger partial charge in [0.25, 0.3) is 0 Å². The first-order valence-electron chi connectivity index (χ1n) is 7.86. The molecule has 1 saturated carbocycles. The van der Waals surface area contributed by atoms with Crippen LogP contribution in [0.1, 0.15) is 37.4 Å². The fourth-order valence-corrected chi connectivity index (χ4v) is 3.14. The van der Waals surface area contributed by atoms with E-state index in [-0.39, 0.29) is 0 Å². The molecular weight excluding hydrogens is 266 g/mol. The standard InChI is InChI=1S/C16H21N3O2/c17-5-2-6-19-13-10-15-14(20-7-8-21-15)9-12(13)18-16(19)11-3-1-4-11/h9-11H,1-8,17H2. The van der Waals surface area contributed by atoms with Crippen LogP contribution in [0.2, 0.25) is 0 Å². The monoisotopic (exact) mass is 287 g/mol. The van der Waals surface area contributed by atoms with Gasteiger partial charge in [-0.15, -0.1) is 0 Å².